The van der Waals surface area contributed by atoms with Crippen molar-refractivity contribution in [2.75, 3.05) is 6.54 Å². The number of thiazole rings is 1. The van der Waals surface area contributed by atoms with Gasteiger partial charge in [0.1, 0.15) is 5.69 Å². The van der Waals surface area contributed by atoms with Crippen LogP contribution in [0.4, 0.5) is 0 Å². The lowest BCUT2D eigenvalue weighted by atomic mass is 10.4. The van der Waals surface area contributed by atoms with E-state index in [1.54, 1.807) is 11.3 Å². The van der Waals surface area contributed by atoms with Gasteiger partial charge < -0.3 is 10.3 Å². The predicted octanol–water partition coefficient (Wildman–Crippen LogP) is 2.87. The van der Waals surface area contributed by atoms with Crippen molar-refractivity contribution in [3.8, 4) is 11.6 Å². The van der Waals surface area contributed by atoms with E-state index < -0.39 is 0 Å². The van der Waals surface area contributed by atoms with Gasteiger partial charge in [0.15, 0.2) is 5.82 Å². The van der Waals surface area contributed by atoms with Crippen LogP contribution in [0.2, 0.25) is 0 Å². The zero-order chi connectivity index (χ0) is 13.8. The fourth-order valence-corrected chi connectivity index (χ4v) is 4.27. The molecule has 0 amide bonds. The Balaban J connectivity index is 1.60. The van der Waals surface area contributed by atoms with E-state index in [-0.39, 0.29) is 0 Å². The van der Waals surface area contributed by atoms with E-state index in [4.69, 9.17) is 10.3 Å². The second-order valence-corrected chi connectivity index (χ2v) is 7.13. The summed E-state index contributed by atoms with van der Waals surface area (Å²) in [6.07, 6.45) is 6.16. The molecular formula is C13H18N4OS2. The summed E-state index contributed by atoms with van der Waals surface area (Å²) >= 11 is 3.53. The van der Waals surface area contributed by atoms with Crippen molar-refractivity contribution in [1.82, 2.24) is 15.1 Å². The molecule has 0 aliphatic heterocycles. The number of nitrogens with zero attached hydrogens (tertiary/aromatic N) is 3. The van der Waals surface area contributed by atoms with Gasteiger partial charge in [-0.3, -0.25) is 0 Å². The zero-order valence-electron chi connectivity index (χ0n) is 11.2. The van der Waals surface area contributed by atoms with Gasteiger partial charge in [0.05, 0.1) is 10.8 Å². The largest absolute Gasteiger partial charge is 0.332 e. The van der Waals surface area contributed by atoms with Crippen molar-refractivity contribution in [2.24, 2.45) is 5.73 Å². The van der Waals surface area contributed by atoms with Crippen LogP contribution in [0.25, 0.3) is 11.6 Å². The molecule has 20 heavy (non-hydrogen) atoms. The molecule has 0 radical (unpaired) electrons. The molecule has 2 aromatic rings. The zero-order valence-corrected chi connectivity index (χ0v) is 12.9. The minimum absolute atomic E-state index is 0.520. The molecule has 108 valence electrons. The van der Waals surface area contributed by atoms with E-state index >= 15 is 0 Å². The van der Waals surface area contributed by atoms with Gasteiger partial charge in [-0.05, 0) is 19.4 Å². The maximum Gasteiger partial charge on any atom is 0.277 e. The van der Waals surface area contributed by atoms with Gasteiger partial charge in [-0.1, -0.05) is 18.0 Å². The Morgan fingerprint density at radius 1 is 1.35 bits per heavy atom. The fraction of sp³-hybridized carbons (Fsp3) is 0.615. The van der Waals surface area contributed by atoms with E-state index in [1.807, 2.05) is 17.1 Å². The topological polar surface area (TPSA) is 77.8 Å². The quantitative estimate of drug-likeness (QED) is 0.884. The Kier molecular flexibility index (Phi) is 4.69. The Hall–Kier alpha value is -0.920. The molecule has 0 spiro atoms. The third-order valence-corrected chi connectivity index (χ3v) is 5.62. The maximum atomic E-state index is 5.52. The van der Waals surface area contributed by atoms with Gasteiger partial charge in [0.25, 0.3) is 5.89 Å². The van der Waals surface area contributed by atoms with Gasteiger partial charge >= 0.3 is 0 Å². The van der Waals surface area contributed by atoms with Crippen molar-refractivity contribution in [3.05, 3.63) is 16.2 Å². The van der Waals surface area contributed by atoms with Gasteiger partial charge in [-0.15, -0.1) is 11.3 Å². The lowest BCUT2D eigenvalue weighted by Gasteiger charge is -2.04. The standard InChI is InChI=1S/C13H18N4OS2/c14-6-5-12-15-10(7-20-12)13-16-11(17-18-13)8-19-9-3-1-2-4-9/h7,9H,1-6,8,14H2. The molecule has 1 saturated carbocycles. The van der Waals surface area contributed by atoms with Crippen LogP contribution in [0, 0.1) is 0 Å². The second-order valence-electron chi connectivity index (χ2n) is 4.90. The van der Waals surface area contributed by atoms with Crippen LogP contribution in [0.3, 0.4) is 0 Å². The summed E-state index contributed by atoms with van der Waals surface area (Å²) in [5.41, 5.74) is 6.29. The lowest BCUT2D eigenvalue weighted by molar-refractivity contribution is 0.424. The molecule has 1 fully saturated rings. The number of nitrogens with two attached hydrogens (primary N) is 1. The third-order valence-electron chi connectivity index (χ3n) is 3.35. The first-order valence-electron chi connectivity index (χ1n) is 6.94. The summed E-state index contributed by atoms with van der Waals surface area (Å²) in [6.45, 7) is 0.611. The highest BCUT2D eigenvalue weighted by atomic mass is 32.2. The molecule has 0 unspecified atom stereocenters. The van der Waals surface area contributed by atoms with Crippen molar-refractivity contribution in [2.45, 2.75) is 43.1 Å². The number of aromatic nitrogens is 3. The van der Waals surface area contributed by atoms with E-state index in [0.29, 0.717) is 12.4 Å². The Labute approximate surface area is 126 Å². The van der Waals surface area contributed by atoms with Crippen LogP contribution >= 0.6 is 23.1 Å². The van der Waals surface area contributed by atoms with Crippen LogP contribution in [-0.4, -0.2) is 26.9 Å². The minimum Gasteiger partial charge on any atom is -0.332 e. The molecule has 0 saturated heterocycles. The summed E-state index contributed by atoms with van der Waals surface area (Å²) in [7, 11) is 0. The summed E-state index contributed by atoms with van der Waals surface area (Å²) in [6, 6.07) is 0. The average Bonchev–Trinajstić information content (AvgIpc) is 3.18. The van der Waals surface area contributed by atoms with Crippen molar-refractivity contribution >= 4 is 23.1 Å². The SMILES string of the molecule is NCCc1nc(-c2nc(CSC3CCCC3)no2)cs1. The normalized spacial score (nSPS) is 16.1. The summed E-state index contributed by atoms with van der Waals surface area (Å²) in [5.74, 6) is 2.12. The number of thioether (sulfide) groups is 1. The molecule has 2 N–H and O–H groups in total. The second kappa shape index (κ2) is 6.69. The lowest BCUT2D eigenvalue weighted by Crippen LogP contribution is -2.01. The molecule has 0 aromatic carbocycles. The molecule has 7 heteroatoms. The van der Waals surface area contributed by atoms with Crippen molar-refractivity contribution in [3.63, 3.8) is 0 Å². The molecule has 1 aliphatic carbocycles. The summed E-state index contributed by atoms with van der Waals surface area (Å²) in [5, 5.41) is 7.78. The first kappa shape index (κ1) is 14.0. The van der Waals surface area contributed by atoms with E-state index in [1.165, 1.54) is 25.7 Å². The fourth-order valence-electron chi connectivity index (χ4n) is 2.31. The van der Waals surface area contributed by atoms with Gasteiger partial charge in [-0.25, -0.2) is 4.98 Å². The van der Waals surface area contributed by atoms with Crippen LogP contribution in [-0.2, 0) is 12.2 Å². The van der Waals surface area contributed by atoms with Crippen LogP contribution in [0.1, 0.15) is 36.5 Å². The molecule has 1 aliphatic rings. The van der Waals surface area contributed by atoms with Gasteiger partial charge in [0, 0.05) is 17.1 Å². The Morgan fingerprint density at radius 3 is 3.00 bits per heavy atom. The van der Waals surface area contributed by atoms with Crippen LogP contribution in [0.15, 0.2) is 9.90 Å². The van der Waals surface area contributed by atoms with Gasteiger partial charge in [0.2, 0.25) is 0 Å². The van der Waals surface area contributed by atoms with Crippen LogP contribution < -0.4 is 5.73 Å². The smallest absolute Gasteiger partial charge is 0.277 e. The minimum atomic E-state index is 0.520. The number of rotatable bonds is 6. The predicted molar refractivity (Wildman–Crippen MR) is 81.7 cm³/mol. The highest BCUT2D eigenvalue weighted by Gasteiger charge is 2.17. The first-order chi connectivity index (χ1) is 9.85. The molecule has 5 nitrogen and oxygen atoms in total. The first-order valence-corrected chi connectivity index (χ1v) is 8.87. The van der Waals surface area contributed by atoms with Crippen LogP contribution in [0.5, 0.6) is 0 Å². The summed E-state index contributed by atoms with van der Waals surface area (Å²) < 4.78 is 5.30. The number of hydrogen-bond donors (Lipinski definition) is 1. The van der Waals surface area contributed by atoms with E-state index in [9.17, 15) is 0 Å². The number of hydrogen-bond acceptors (Lipinski definition) is 7. The van der Waals surface area contributed by atoms with E-state index in [0.717, 1.165) is 33.9 Å². The highest BCUT2D eigenvalue weighted by molar-refractivity contribution is 7.99. The maximum absolute atomic E-state index is 5.52. The van der Waals surface area contributed by atoms with Crippen molar-refractivity contribution < 1.29 is 4.52 Å². The molecular weight excluding hydrogens is 292 g/mol. The molecule has 0 atom stereocenters. The molecule has 3 rings (SSSR count). The molecule has 0 bridgehead atoms. The molecule has 2 aromatic heterocycles. The molecule has 2 heterocycles. The third kappa shape index (κ3) is 3.39. The summed E-state index contributed by atoms with van der Waals surface area (Å²) in [4.78, 5) is 8.89. The Morgan fingerprint density at radius 2 is 2.20 bits per heavy atom. The van der Waals surface area contributed by atoms with Crippen molar-refractivity contribution in [1.29, 1.82) is 0 Å². The average molecular weight is 310 g/mol. The monoisotopic (exact) mass is 310 g/mol. The van der Waals surface area contributed by atoms with Gasteiger partial charge in [-0.2, -0.15) is 16.7 Å². The Bertz CT molecular complexity index is 548. The van der Waals surface area contributed by atoms with E-state index in [2.05, 4.69) is 15.1 Å². The highest BCUT2D eigenvalue weighted by Crippen LogP contribution is 2.31.